The lowest BCUT2D eigenvalue weighted by atomic mass is 10.2. The number of piperazine rings is 1. The van der Waals surface area contributed by atoms with Crippen molar-refractivity contribution in [3.63, 3.8) is 0 Å². The van der Waals surface area contributed by atoms with Crippen LogP contribution in [0.25, 0.3) is 0 Å². The van der Waals surface area contributed by atoms with Crippen molar-refractivity contribution in [1.82, 2.24) is 9.62 Å². The van der Waals surface area contributed by atoms with Gasteiger partial charge in [0.1, 0.15) is 0 Å². The summed E-state index contributed by atoms with van der Waals surface area (Å²) < 4.78 is 52.6. The SMILES string of the molecule is CC(C)CNC(=O)C[NH+]1CCN(S(=O)(=O)c2ccc(F)c(F)c2)CC1. The molecule has 9 heteroatoms. The molecule has 0 aromatic heterocycles. The molecule has 0 radical (unpaired) electrons. The summed E-state index contributed by atoms with van der Waals surface area (Å²) in [7, 11) is -3.86. The van der Waals surface area contributed by atoms with Crippen LogP contribution in [0.1, 0.15) is 13.8 Å². The lowest BCUT2D eigenvalue weighted by Crippen LogP contribution is -3.15. The molecule has 1 aliphatic rings. The van der Waals surface area contributed by atoms with Gasteiger partial charge in [-0.05, 0) is 24.1 Å². The zero-order chi connectivity index (χ0) is 18.6. The van der Waals surface area contributed by atoms with E-state index in [-0.39, 0.29) is 23.9 Å². The second kappa shape index (κ2) is 8.20. The van der Waals surface area contributed by atoms with Crippen molar-refractivity contribution in [3.05, 3.63) is 29.8 Å². The molecular formula is C16H24F2N3O3S+. The Morgan fingerprint density at radius 2 is 1.88 bits per heavy atom. The van der Waals surface area contributed by atoms with Crippen LogP contribution < -0.4 is 10.2 Å². The Hall–Kier alpha value is -1.58. The molecule has 140 valence electrons. The summed E-state index contributed by atoms with van der Waals surface area (Å²) in [4.78, 5) is 12.6. The maximum absolute atomic E-state index is 13.3. The Morgan fingerprint density at radius 1 is 1.24 bits per heavy atom. The zero-order valence-corrected chi connectivity index (χ0v) is 15.2. The number of quaternary nitrogens is 1. The third kappa shape index (κ3) is 5.20. The van der Waals surface area contributed by atoms with E-state index in [1.54, 1.807) is 0 Å². The molecule has 0 bridgehead atoms. The van der Waals surface area contributed by atoms with Crippen LogP contribution >= 0.6 is 0 Å². The molecule has 0 aliphatic carbocycles. The fourth-order valence-electron chi connectivity index (χ4n) is 2.61. The normalized spacial score (nSPS) is 17.0. The Morgan fingerprint density at radius 3 is 2.44 bits per heavy atom. The lowest BCUT2D eigenvalue weighted by molar-refractivity contribution is -0.895. The van der Waals surface area contributed by atoms with Gasteiger partial charge in [-0.3, -0.25) is 4.79 Å². The Balaban J connectivity index is 1.92. The highest BCUT2D eigenvalue weighted by molar-refractivity contribution is 7.89. The second-order valence-electron chi connectivity index (χ2n) is 6.60. The standard InChI is InChI=1S/C16H23F2N3O3S/c1-12(2)10-19-16(22)11-20-5-7-21(8-6-20)25(23,24)13-3-4-14(17)15(18)9-13/h3-4,9,12H,5-8,10-11H2,1-2H3,(H,19,22)/p+1. The van der Waals surface area contributed by atoms with Crippen LogP contribution in [-0.2, 0) is 14.8 Å². The van der Waals surface area contributed by atoms with Crippen LogP contribution in [-0.4, -0.2) is 57.9 Å². The van der Waals surface area contributed by atoms with Crippen LogP contribution in [0.4, 0.5) is 8.78 Å². The summed E-state index contributed by atoms with van der Waals surface area (Å²) in [6.07, 6.45) is 0. The summed E-state index contributed by atoms with van der Waals surface area (Å²) in [5.41, 5.74) is 0. The highest BCUT2D eigenvalue weighted by atomic mass is 32.2. The van der Waals surface area contributed by atoms with Crippen molar-refractivity contribution in [3.8, 4) is 0 Å². The first-order valence-electron chi connectivity index (χ1n) is 8.25. The molecule has 1 aromatic rings. The lowest BCUT2D eigenvalue weighted by Gasteiger charge is -2.31. The molecule has 1 aliphatic heterocycles. The summed E-state index contributed by atoms with van der Waals surface area (Å²) in [5.74, 6) is -1.95. The molecule has 2 rings (SSSR count). The van der Waals surface area contributed by atoms with Crippen molar-refractivity contribution >= 4 is 15.9 Å². The Labute approximate surface area is 146 Å². The predicted molar refractivity (Wildman–Crippen MR) is 88.5 cm³/mol. The molecule has 1 amide bonds. The van der Waals surface area contributed by atoms with E-state index < -0.39 is 21.7 Å². The molecule has 1 fully saturated rings. The minimum absolute atomic E-state index is 0.0550. The highest BCUT2D eigenvalue weighted by Gasteiger charge is 2.31. The van der Waals surface area contributed by atoms with E-state index in [1.165, 1.54) is 4.31 Å². The molecule has 0 saturated carbocycles. The molecule has 0 unspecified atom stereocenters. The molecule has 2 N–H and O–H groups in total. The fourth-order valence-corrected chi connectivity index (χ4v) is 4.07. The van der Waals surface area contributed by atoms with E-state index in [4.69, 9.17) is 0 Å². The minimum atomic E-state index is -3.86. The van der Waals surface area contributed by atoms with Crippen molar-refractivity contribution in [2.45, 2.75) is 18.7 Å². The van der Waals surface area contributed by atoms with E-state index in [1.807, 2.05) is 13.8 Å². The first-order chi connectivity index (χ1) is 11.7. The van der Waals surface area contributed by atoms with Crippen LogP contribution in [0.5, 0.6) is 0 Å². The summed E-state index contributed by atoms with van der Waals surface area (Å²) >= 11 is 0. The van der Waals surface area contributed by atoms with E-state index in [0.717, 1.165) is 17.0 Å². The number of carbonyl (C=O) groups excluding carboxylic acids is 1. The number of nitrogens with one attached hydrogen (secondary N) is 2. The Bertz CT molecular complexity index is 717. The topological polar surface area (TPSA) is 70.9 Å². The van der Waals surface area contributed by atoms with Gasteiger partial charge in [0.05, 0.1) is 31.1 Å². The first kappa shape index (κ1) is 19.7. The average Bonchev–Trinajstić information content (AvgIpc) is 2.56. The highest BCUT2D eigenvalue weighted by Crippen LogP contribution is 2.18. The van der Waals surface area contributed by atoms with Gasteiger partial charge < -0.3 is 10.2 Å². The summed E-state index contributed by atoms with van der Waals surface area (Å²) in [6, 6.07) is 2.57. The predicted octanol–water partition coefficient (Wildman–Crippen LogP) is -0.374. The van der Waals surface area contributed by atoms with Crippen molar-refractivity contribution in [2.75, 3.05) is 39.3 Å². The maximum atomic E-state index is 13.3. The largest absolute Gasteiger partial charge is 0.351 e. The van der Waals surface area contributed by atoms with Gasteiger partial charge in [0.25, 0.3) is 5.91 Å². The summed E-state index contributed by atoms with van der Waals surface area (Å²) in [6.45, 7) is 6.36. The number of halogens is 2. The van der Waals surface area contributed by atoms with Crippen molar-refractivity contribution in [2.24, 2.45) is 5.92 Å². The molecule has 1 saturated heterocycles. The van der Waals surface area contributed by atoms with Gasteiger partial charge >= 0.3 is 0 Å². The van der Waals surface area contributed by atoms with Gasteiger partial charge in [0.2, 0.25) is 10.0 Å². The van der Waals surface area contributed by atoms with Crippen LogP contribution in [0.2, 0.25) is 0 Å². The van der Waals surface area contributed by atoms with E-state index >= 15 is 0 Å². The fraction of sp³-hybridized carbons (Fsp3) is 0.562. The van der Waals surface area contributed by atoms with Gasteiger partial charge in [-0.25, -0.2) is 17.2 Å². The number of rotatable bonds is 6. The van der Waals surface area contributed by atoms with Crippen LogP contribution in [0.3, 0.4) is 0 Å². The molecule has 1 aromatic carbocycles. The monoisotopic (exact) mass is 376 g/mol. The van der Waals surface area contributed by atoms with E-state index in [9.17, 15) is 22.0 Å². The van der Waals surface area contributed by atoms with Gasteiger partial charge in [0, 0.05) is 6.54 Å². The number of sulfonamides is 1. The smallest absolute Gasteiger partial charge is 0.275 e. The van der Waals surface area contributed by atoms with Gasteiger partial charge in [-0.15, -0.1) is 0 Å². The molecule has 25 heavy (non-hydrogen) atoms. The maximum Gasteiger partial charge on any atom is 0.275 e. The molecule has 0 atom stereocenters. The number of hydrogen-bond donors (Lipinski definition) is 2. The number of carbonyl (C=O) groups is 1. The first-order valence-corrected chi connectivity index (χ1v) is 9.69. The third-order valence-corrected chi connectivity index (χ3v) is 5.97. The minimum Gasteiger partial charge on any atom is -0.351 e. The Kier molecular flexibility index (Phi) is 6.47. The van der Waals surface area contributed by atoms with E-state index in [0.29, 0.717) is 38.2 Å². The van der Waals surface area contributed by atoms with Crippen LogP contribution in [0, 0.1) is 17.6 Å². The second-order valence-corrected chi connectivity index (χ2v) is 8.54. The van der Waals surface area contributed by atoms with Crippen molar-refractivity contribution < 1.29 is 26.9 Å². The molecular weight excluding hydrogens is 352 g/mol. The number of hydrogen-bond acceptors (Lipinski definition) is 3. The quantitative estimate of drug-likeness (QED) is 0.712. The van der Waals surface area contributed by atoms with Gasteiger partial charge in [0.15, 0.2) is 18.2 Å². The molecule has 0 spiro atoms. The third-order valence-electron chi connectivity index (χ3n) is 4.08. The average molecular weight is 376 g/mol. The van der Waals surface area contributed by atoms with Crippen LogP contribution in [0.15, 0.2) is 23.1 Å². The van der Waals surface area contributed by atoms with E-state index in [2.05, 4.69) is 5.32 Å². The number of amides is 1. The zero-order valence-electron chi connectivity index (χ0n) is 14.4. The van der Waals surface area contributed by atoms with Gasteiger partial charge in [-0.2, -0.15) is 4.31 Å². The summed E-state index contributed by atoms with van der Waals surface area (Å²) in [5, 5.41) is 2.84. The number of benzene rings is 1. The van der Waals surface area contributed by atoms with Crippen molar-refractivity contribution in [1.29, 1.82) is 0 Å². The number of nitrogens with zero attached hydrogens (tertiary/aromatic N) is 1. The molecule has 1 heterocycles. The molecule has 6 nitrogen and oxygen atoms in total. The van der Waals surface area contributed by atoms with Gasteiger partial charge in [-0.1, -0.05) is 13.8 Å².